The van der Waals surface area contributed by atoms with Gasteiger partial charge in [0, 0.05) is 0 Å². The maximum Gasteiger partial charge on any atom is 0.258 e. The van der Waals surface area contributed by atoms with Gasteiger partial charge >= 0.3 is 0 Å². The quantitative estimate of drug-likeness (QED) is 0.0571. The van der Waals surface area contributed by atoms with E-state index in [1.165, 1.54) is 206 Å². The predicted molar refractivity (Wildman–Crippen MR) is 189 cm³/mol. The second-order valence-electron chi connectivity index (χ2n) is 14.1. The van der Waals surface area contributed by atoms with E-state index >= 15 is 0 Å². The summed E-state index contributed by atoms with van der Waals surface area (Å²) in [7, 11) is 0. The minimum absolute atomic E-state index is 0.604. The lowest BCUT2D eigenvalue weighted by molar-refractivity contribution is -0.705. The fraction of sp³-hybridized carbons (Fsp3) is 0.925. The lowest BCUT2D eigenvalue weighted by Gasteiger charge is -2.08. The molecule has 0 atom stereocenters. The minimum atomic E-state index is 0.604. The van der Waals surface area contributed by atoms with E-state index in [1.807, 2.05) is 0 Å². The Hall–Kier alpha value is -0.790. The molecule has 248 valence electrons. The molecule has 0 amide bonds. The summed E-state index contributed by atoms with van der Waals surface area (Å²) in [5.41, 5.74) is 0. The normalized spacial score (nSPS) is 11.7. The fourth-order valence-electron chi connectivity index (χ4n) is 6.83. The standard InChI is InChI=1S/C40H79N2/c1-5-7-9-11-13-15-17-19-21-23-25-27-29-31-33-35-41-37-38-42(40(41)39(3)4)36-34-32-30-28-26-24-22-20-18-16-14-12-10-8-6-2/h37-39H,5-36H2,1-4H3/q+1. The van der Waals surface area contributed by atoms with Crippen LogP contribution in [-0.2, 0) is 13.1 Å². The van der Waals surface area contributed by atoms with Crippen molar-refractivity contribution in [3.05, 3.63) is 18.2 Å². The van der Waals surface area contributed by atoms with E-state index in [1.54, 1.807) is 5.82 Å². The highest BCUT2D eigenvalue weighted by molar-refractivity contribution is 4.89. The zero-order valence-corrected chi connectivity index (χ0v) is 29.8. The Morgan fingerprint density at radius 3 is 1.10 bits per heavy atom. The number of imidazole rings is 1. The first-order valence-electron chi connectivity index (χ1n) is 19.8. The highest BCUT2D eigenvalue weighted by Gasteiger charge is 2.20. The molecule has 2 heteroatoms. The lowest BCUT2D eigenvalue weighted by Crippen LogP contribution is -2.38. The topological polar surface area (TPSA) is 8.81 Å². The Morgan fingerprint density at radius 2 is 0.762 bits per heavy atom. The van der Waals surface area contributed by atoms with Crippen molar-refractivity contribution in [3.8, 4) is 0 Å². The maximum atomic E-state index is 2.57. The second kappa shape index (κ2) is 30.2. The van der Waals surface area contributed by atoms with E-state index in [0.717, 1.165) is 0 Å². The summed E-state index contributed by atoms with van der Waals surface area (Å²) in [5, 5.41) is 0. The second-order valence-corrected chi connectivity index (χ2v) is 14.1. The summed E-state index contributed by atoms with van der Waals surface area (Å²) in [6.45, 7) is 11.8. The summed E-state index contributed by atoms with van der Waals surface area (Å²) in [5.74, 6) is 2.15. The Morgan fingerprint density at radius 1 is 0.452 bits per heavy atom. The number of nitrogens with zero attached hydrogens (tertiary/aromatic N) is 2. The predicted octanol–water partition coefficient (Wildman–Crippen LogP) is 13.6. The minimum Gasteiger partial charge on any atom is -0.234 e. The number of hydrogen-bond acceptors (Lipinski definition) is 0. The van der Waals surface area contributed by atoms with Gasteiger partial charge in [0.25, 0.3) is 5.82 Å². The maximum absolute atomic E-state index is 2.57. The van der Waals surface area contributed by atoms with Crippen molar-refractivity contribution in [1.29, 1.82) is 0 Å². The summed E-state index contributed by atoms with van der Waals surface area (Å²) < 4.78 is 5.14. The molecule has 1 rings (SSSR count). The van der Waals surface area contributed by atoms with Gasteiger partial charge < -0.3 is 0 Å². The average Bonchev–Trinajstić information content (AvgIpc) is 3.40. The molecule has 0 spiro atoms. The van der Waals surface area contributed by atoms with Gasteiger partial charge in [-0.15, -0.1) is 0 Å². The molecule has 0 fully saturated rings. The Labute approximate surface area is 266 Å². The third-order valence-corrected chi connectivity index (χ3v) is 9.54. The SMILES string of the molecule is CCCCCCCCCCCCCCCCCn1cc[n+](CCCCCCCCCCCCCCCCC)c1C(C)C. The molecule has 0 bridgehead atoms. The third kappa shape index (κ3) is 22.7. The van der Waals surface area contributed by atoms with E-state index in [0.29, 0.717) is 5.92 Å². The largest absolute Gasteiger partial charge is 0.258 e. The molecule has 0 saturated carbocycles. The van der Waals surface area contributed by atoms with Crippen LogP contribution in [0.1, 0.15) is 232 Å². The van der Waals surface area contributed by atoms with Gasteiger partial charge in [0.1, 0.15) is 12.4 Å². The number of aromatic nitrogens is 2. The van der Waals surface area contributed by atoms with Gasteiger partial charge in [-0.1, -0.05) is 195 Å². The smallest absolute Gasteiger partial charge is 0.234 e. The van der Waals surface area contributed by atoms with Gasteiger partial charge in [-0.3, -0.25) is 0 Å². The Bertz CT molecular complexity index is 609. The van der Waals surface area contributed by atoms with E-state index in [-0.39, 0.29) is 0 Å². The van der Waals surface area contributed by atoms with Gasteiger partial charge in [-0.05, 0) is 25.7 Å². The van der Waals surface area contributed by atoms with E-state index in [4.69, 9.17) is 0 Å². The molecular formula is C40H79N2+. The monoisotopic (exact) mass is 588 g/mol. The molecule has 0 saturated heterocycles. The summed E-state index contributed by atoms with van der Waals surface area (Å²) in [6.07, 6.45) is 47.9. The fourth-order valence-corrected chi connectivity index (χ4v) is 6.83. The number of hydrogen-bond donors (Lipinski definition) is 0. The zero-order chi connectivity index (χ0) is 30.4. The third-order valence-electron chi connectivity index (χ3n) is 9.54. The highest BCUT2D eigenvalue weighted by Crippen LogP contribution is 2.17. The molecule has 0 aliphatic heterocycles. The molecule has 0 aromatic carbocycles. The van der Waals surface area contributed by atoms with Crippen molar-refractivity contribution in [2.75, 3.05) is 0 Å². The molecule has 0 radical (unpaired) electrons. The number of unbranched alkanes of at least 4 members (excludes halogenated alkanes) is 28. The summed E-state index contributed by atoms with van der Waals surface area (Å²) in [4.78, 5) is 0. The summed E-state index contributed by atoms with van der Waals surface area (Å²) in [6, 6.07) is 0. The van der Waals surface area contributed by atoms with Crippen molar-refractivity contribution in [2.45, 2.75) is 239 Å². The first kappa shape index (κ1) is 39.2. The van der Waals surface area contributed by atoms with Gasteiger partial charge in [0.15, 0.2) is 0 Å². The molecule has 0 N–H and O–H groups in total. The molecule has 2 nitrogen and oxygen atoms in total. The van der Waals surface area contributed by atoms with Crippen LogP contribution in [0.2, 0.25) is 0 Å². The molecule has 1 heterocycles. The molecular weight excluding hydrogens is 508 g/mol. The Balaban J connectivity index is 1.99. The lowest BCUT2D eigenvalue weighted by atomic mass is 10.0. The highest BCUT2D eigenvalue weighted by atomic mass is 15.1. The van der Waals surface area contributed by atoms with Crippen molar-refractivity contribution >= 4 is 0 Å². The van der Waals surface area contributed by atoms with Crippen molar-refractivity contribution < 1.29 is 4.57 Å². The van der Waals surface area contributed by atoms with Crippen LogP contribution in [0.4, 0.5) is 0 Å². The van der Waals surface area contributed by atoms with E-state index < -0.39 is 0 Å². The Kier molecular flexibility index (Phi) is 28.3. The number of rotatable bonds is 33. The van der Waals surface area contributed by atoms with Gasteiger partial charge in [-0.2, -0.15) is 0 Å². The average molecular weight is 588 g/mol. The van der Waals surface area contributed by atoms with Crippen LogP contribution in [0.15, 0.2) is 12.4 Å². The summed E-state index contributed by atoms with van der Waals surface area (Å²) >= 11 is 0. The van der Waals surface area contributed by atoms with E-state index in [2.05, 4.69) is 49.2 Å². The van der Waals surface area contributed by atoms with Gasteiger partial charge in [0.05, 0.1) is 19.0 Å². The van der Waals surface area contributed by atoms with Crippen molar-refractivity contribution in [2.24, 2.45) is 0 Å². The molecule has 0 aliphatic rings. The van der Waals surface area contributed by atoms with Crippen LogP contribution in [-0.4, -0.2) is 4.57 Å². The van der Waals surface area contributed by atoms with Crippen LogP contribution in [0.3, 0.4) is 0 Å². The van der Waals surface area contributed by atoms with Crippen LogP contribution in [0.25, 0.3) is 0 Å². The van der Waals surface area contributed by atoms with Gasteiger partial charge in [-0.25, -0.2) is 9.13 Å². The molecule has 1 aromatic heterocycles. The number of aryl methyl sites for hydroxylation is 2. The van der Waals surface area contributed by atoms with Crippen LogP contribution < -0.4 is 4.57 Å². The molecule has 0 aliphatic carbocycles. The molecule has 1 aromatic rings. The van der Waals surface area contributed by atoms with Crippen LogP contribution in [0.5, 0.6) is 0 Å². The van der Waals surface area contributed by atoms with Crippen molar-refractivity contribution in [3.63, 3.8) is 0 Å². The van der Waals surface area contributed by atoms with Crippen LogP contribution in [0, 0.1) is 0 Å². The molecule has 42 heavy (non-hydrogen) atoms. The van der Waals surface area contributed by atoms with Crippen LogP contribution >= 0.6 is 0 Å². The first-order chi connectivity index (χ1) is 20.7. The van der Waals surface area contributed by atoms with Crippen molar-refractivity contribution in [1.82, 2.24) is 4.57 Å². The van der Waals surface area contributed by atoms with Gasteiger partial charge in [0.2, 0.25) is 0 Å². The first-order valence-corrected chi connectivity index (χ1v) is 19.8. The molecule has 0 unspecified atom stereocenters. The van der Waals surface area contributed by atoms with E-state index in [9.17, 15) is 0 Å². The zero-order valence-electron chi connectivity index (χ0n) is 29.8.